The summed E-state index contributed by atoms with van der Waals surface area (Å²) in [6, 6.07) is 15.2. The Balaban J connectivity index is 1.64. The van der Waals surface area contributed by atoms with Crippen LogP contribution in [0.5, 0.6) is 11.5 Å². The summed E-state index contributed by atoms with van der Waals surface area (Å²) in [6.07, 6.45) is 2.89. The van der Waals surface area contributed by atoms with Crippen LogP contribution in [0.25, 0.3) is 0 Å². The Morgan fingerprint density at radius 2 is 1.92 bits per heavy atom. The molecule has 2 aromatic carbocycles. The summed E-state index contributed by atoms with van der Waals surface area (Å²) in [5, 5.41) is 9.74. The van der Waals surface area contributed by atoms with Crippen molar-refractivity contribution >= 4 is 5.91 Å². The van der Waals surface area contributed by atoms with Crippen LogP contribution in [-0.2, 0) is 16.8 Å². The molecule has 1 aliphatic carbocycles. The quantitative estimate of drug-likeness (QED) is 0.923. The number of carbonyl (C=O) groups excluding carboxylic acids is 1. The van der Waals surface area contributed by atoms with E-state index in [0.29, 0.717) is 19.7 Å². The lowest BCUT2D eigenvalue weighted by Crippen LogP contribution is -2.51. The summed E-state index contributed by atoms with van der Waals surface area (Å²) in [6.45, 7) is 1.54. The molecule has 0 saturated heterocycles. The van der Waals surface area contributed by atoms with Gasteiger partial charge in [-0.25, -0.2) is 0 Å². The van der Waals surface area contributed by atoms with Gasteiger partial charge in [0.15, 0.2) is 0 Å². The van der Waals surface area contributed by atoms with E-state index in [9.17, 15) is 9.90 Å². The zero-order valence-electron chi connectivity index (χ0n) is 13.6. The van der Waals surface area contributed by atoms with Gasteiger partial charge in [0.25, 0.3) is 0 Å². The maximum Gasteiger partial charge on any atom is 0.233 e. The lowest BCUT2D eigenvalue weighted by atomic mass is 9.63. The molecule has 1 N–H and O–H groups in total. The molecule has 1 heterocycles. The van der Waals surface area contributed by atoms with Crippen molar-refractivity contribution in [3.8, 4) is 11.5 Å². The van der Waals surface area contributed by atoms with Crippen LogP contribution in [0.1, 0.15) is 30.4 Å². The first-order valence-corrected chi connectivity index (χ1v) is 8.49. The Bertz CT molecular complexity index is 753. The van der Waals surface area contributed by atoms with Crippen LogP contribution >= 0.6 is 0 Å². The Morgan fingerprint density at radius 1 is 1.12 bits per heavy atom. The number of nitrogens with zero attached hydrogens (tertiary/aromatic N) is 1. The summed E-state index contributed by atoms with van der Waals surface area (Å²) in [5.74, 6) is 1.14. The zero-order valence-corrected chi connectivity index (χ0v) is 13.6. The molecule has 4 rings (SSSR count). The van der Waals surface area contributed by atoms with Crippen LogP contribution in [0.3, 0.4) is 0 Å². The van der Waals surface area contributed by atoms with E-state index >= 15 is 0 Å². The van der Waals surface area contributed by atoms with E-state index < -0.39 is 0 Å². The van der Waals surface area contributed by atoms with Gasteiger partial charge >= 0.3 is 0 Å². The van der Waals surface area contributed by atoms with Crippen molar-refractivity contribution in [2.75, 3.05) is 13.2 Å². The molecule has 1 amide bonds. The highest BCUT2D eigenvalue weighted by Gasteiger charge is 2.47. The molecule has 0 radical (unpaired) electrons. The number of ether oxygens (including phenoxy) is 1. The van der Waals surface area contributed by atoms with E-state index in [4.69, 9.17) is 4.74 Å². The summed E-state index contributed by atoms with van der Waals surface area (Å²) >= 11 is 0. The minimum absolute atomic E-state index is 0.180. The highest BCUT2D eigenvalue weighted by Crippen LogP contribution is 2.45. The smallest absolute Gasteiger partial charge is 0.233 e. The third kappa shape index (κ3) is 2.42. The van der Waals surface area contributed by atoms with Gasteiger partial charge in [0.1, 0.15) is 18.1 Å². The summed E-state index contributed by atoms with van der Waals surface area (Å²) in [4.78, 5) is 15.2. The molecular formula is C20H21NO3. The molecule has 24 heavy (non-hydrogen) atoms. The molecule has 124 valence electrons. The van der Waals surface area contributed by atoms with E-state index in [2.05, 4.69) is 12.1 Å². The second-order valence-corrected chi connectivity index (χ2v) is 6.67. The standard InChI is InChI=1S/C20H21NO3/c22-17-7-8-18-15(13-17)14-21(11-12-24-18)19(23)20(9-4-10-20)16-5-2-1-3-6-16/h1-3,5-8,13,22H,4,9-12,14H2. The molecule has 0 aromatic heterocycles. The van der Waals surface area contributed by atoms with Crippen molar-refractivity contribution in [2.24, 2.45) is 0 Å². The van der Waals surface area contributed by atoms with Crippen molar-refractivity contribution in [2.45, 2.75) is 31.2 Å². The van der Waals surface area contributed by atoms with Crippen molar-refractivity contribution in [1.29, 1.82) is 0 Å². The number of aromatic hydroxyl groups is 1. The average molecular weight is 323 g/mol. The normalized spacial score (nSPS) is 18.8. The van der Waals surface area contributed by atoms with Gasteiger partial charge in [0.05, 0.1) is 12.0 Å². The molecule has 1 aliphatic heterocycles. The molecule has 2 aromatic rings. The molecule has 0 atom stereocenters. The van der Waals surface area contributed by atoms with Gasteiger partial charge in [-0.2, -0.15) is 0 Å². The van der Waals surface area contributed by atoms with Gasteiger partial charge in [-0.15, -0.1) is 0 Å². The molecule has 0 bridgehead atoms. The first-order chi connectivity index (χ1) is 11.7. The first-order valence-electron chi connectivity index (χ1n) is 8.49. The van der Waals surface area contributed by atoms with Gasteiger partial charge in [0.2, 0.25) is 5.91 Å². The number of rotatable bonds is 2. The third-order valence-electron chi connectivity index (χ3n) is 5.25. The Hall–Kier alpha value is -2.49. The largest absolute Gasteiger partial charge is 0.508 e. The first kappa shape index (κ1) is 15.1. The monoisotopic (exact) mass is 323 g/mol. The molecule has 1 saturated carbocycles. The fourth-order valence-electron chi connectivity index (χ4n) is 3.77. The second kappa shape index (κ2) is 5.86. The van der Waals surface area contributed by atoms with Gasteiger partial charge in [-0.05, 0) is 36.6 Å². The summed E-state index contributed by atoms with van der Waals surface area (Å²) < 4.78 is 5.75. The number of phenols is 1. The summed E-state index contributed by atoms with van der Waals surface area (Å²) in [5.41, 5.74) is 1.59. The van der Waals surface area contributed by atoms with E-state index in [1.165, 1.54) is 0 Å². The van der Waals surface area contributed by atoms with Crippen LogP contribution in [0, 0.1) is 0 Å². The maximum atomic E-state index is 13.4. The molecule has 1 fully saturated rings. The SMILES string of the molecule is O=C(N1CCOc2ccc(O)cc2C1)C1(c2ccccc2)CCC1. The Labute approximate surface area is 141 Å². The van der Waals surface area contributed by atoms with Crippen LogP contribution in [-0.4, -0.2) is 29.1 Å². The minimum atomic E-state index is -0.386. The highest BCUT2D eigenvalue weighted by atomic mass is 16.5. The minimum Gasteiger partial charge on any atom is -0.508 e. The molecular weight excluding hydrogens is 302 g/mol. The van der Waals surface area contributed by atoms with Crippen molar-refractivity contribution in [1.82, 2.24) is 4.90 Å². The van der Waals surface area contributed by atoms with Gasteiger partial charge < -0.3 is 14.7 Å². The van der Waals surface area contributed by atoms with Crippen molar-refractivity contribution in [3.63, 3.8) is 0 Å². The lowest BCUT2D eigenvalue weighted by Gasteiger charge is -2.43. The Morgan fingerprint density at radius 3 is 2.62 bits per heavy atom. The van der Waals surface area contributed by atoms with E-state index in [1.807, 2.05) is 23.1 Å². The molecule has 2 aliphatic rings. The fourth-order valence-corrected chi connectivity index (χ4v) is 3.77. The van der Waals surface area contributed by atoms with Crippen molar-refractivity contribution < 1.29 is 14.6 Å². The highest BCUT2D eigenvalue weighted by molar-refractivity contribution is 5.89. The predicted octanol–water partition coefficient (Wildman–Crippen LogP) is 3.24. The van der Waals surface area contributed by atoms with E-state index in [0.717, 1.165) is 36.1 Å². The fraction of sp³-hybridized carbons (Fsp3) is 0.350. The van der Waals surface area contributed by atoms with Crippen LogP contribution in [0.15, 0.2) is 48.5 Å². The average Bonchev–Trinajstić information content (AvgIpc) is 2.76. The van der Waals surface area contributed by atoms with Gasteiger partial charge in [0, 0.05) is 12.1 Å². The van der Waals surface area contributed by atoms with Crippen molar-refractivity contribution in [3.05, 3.63) is 59.7 Å². The molecule has 0 unspecified atom stereocenters. The maximum absolute atomic E-state index is 13.4. The number of hydrogen-bond donors (Lipinski definition) is 1. The predicted molar refractivity (Wildman–Crippen MR) is 91.0 cm³/mol. The topological polar surface area (TPSA) is 49.8 Å². The van der Waals surface area contributed by atoms with Crippen LogP contribution < -0.4 is 4.74 Å². The van der Waals surface area contributed by atoms with E-state index in [-0.39, 0.29) is 17.1 Å². The van der Waals surface area contributed by atoms with Crippen LogP contribution in [0.2, 0.25) is 0 Å². The molecule has 4 heteroatoms. The number of carbonyl (C=O) groups is 1. The van der Waals surface area contributed by atoms with Gasteiger partial charge in [-0.1, -0.05) is 36.8 Å². The number of fused-ring (bicyclic) bond motifs is 1. The van der Waals surface area contributed by atoms with Gasteiger partial charge in [-0.3, -0.25) is 4.79 Å². The van der Waals surface area contributed by atoms with Crippen LogP contribution in [0.4, 0.5) is 0 Å². The second-order valence-electron chi connectivity index (χ2n) is 6.67. The van der Waals surface area contributed by atoms with E-state index in [1.54, 1.807) is 18.2 Å². The third-order valence-corrected chi connectivity index (χ3v) is 5.25. The molecule has 4 nitrogen and oxygen atoms in total. The number of benzene rings is 2. The Kier molecular flexibility index (Phi) is 3.68. The number of phenolic OH excluding ortho intramolecular Hbond substituents is 1. The number of hydrogen-bond acceptors (Lipinski definition) is 3. The molecule has 0 spiro atoms. The number of amides is 1. The zero-order chi connectivity index (χ0) is 16.6. The lowest BCUT2D eigenvalue weighted by molar-refractivity contribution is -0.141. The summed E-state index contributed by atoms with van der Waals surface area (Å²) in [7, 11) is 0.